The van der Waals surface area contributed by atoms with Gasteiger partial charge in [0.15, 0.2) is 0 Å². The van der Waals surface area contributed by atoms with Gasteiger partial charge in [0.1, 0.15) is 5.75 Å². The van der Waals surface area contributed by atoms with Gasteiger partial charge in [0, 0.05) is 37.2 Å². The number of nitrogens with one attached hydrogen (secondary N) is 1. The second-order valence-electron chi connectivity index (χ2n) is 7.51. The first-order valence-electron chi connectivity index (χ1n) is 8.91. The van der Waals surface area contributed by atoms with Gasteiger partial charge in [-0.2, -0.15) is 0 Å². The Kier molecular flexibility index (Phi) is 11.5. The molecule has 0 aliphatic carbocycles. The second kappa shape index (κ2) is 12.7. The third kappa shape index (κ3) is 9.92. The number of nitrogens with two attached hydrogens (primary N) is 2. The maximum absolute atomic E-state index is 11.6. The van der Waals surface area contributed by atoms with Crippen LogP contribution in [0.3, 0.4) is 0 Å². The highest BCUT2D eigenvalue weighted by Gasteiger charge is 2.27. The van der Waals surface area contributed by atoms with Gasteiger partial charge in [-0.25, -0.2) is 0 Å². The second-order valence-corrected chi connectivity index (χ2v) is 7.51. The van der Waals surface area contributed by atoms with E-state index in [-0.39, 0.29) is 23.2 Å². The average Bonchev–Trinajstić information content (AvgIpc) is 3.08. The van der Waals surface area contributed by atoms with Crippen LogP contribution < -0.4 is 17.0 Å². The van der Waals surface area contributed by atoms with Crippen LogP contribution in [0, 0.1) is 17.8 Å². The Bertz CT molecular complexity index is 665. The highest BCUT2D eigenvalue weighted by Crippen LogP contribution is 2.21. The van der Waals surface area contributed by atoms with Gasteiger partial charge >= 0.3 is 0 Å². The fourth-order valence-corrected chi connectivity index (χ4v) is 2.49. The summed E-state index contributed by atoms with van der Waals surface area (Å²) in [5.74, 6) is 10.7. The summed E-state index contributed by atoms with van der Waals surface area (Å²) in [6.45, 7) is 7.71. The molecule has 7 N–H and O–H groups in total. The van der Waals surface area contributed by atoms with Crippen LogP contribution in [-0.2, 0) is 16.1 Å². The van der Waals surface area contributed by atoms with Crippen molar-refractivity contribution in [1.29, 1.82) is 0 Å². The number of benzene rings is 1. The zero-order valence-corrected chi connectivity index (χ0v) is 16.8. The molecule has 1 heterocycles. The molecule has 0 spiro atoms. The third-order valence-electron chi connectivity index (χ3n) is 3.83. The van der Waals surface area contributed by atoms with Crippen molar-refractivity contribution < 1.29 is 19.8 Å². The standard InChI is InChI=1S/C10H19NO2.C10H9NO2.H4N2/c1-10(2,3)6-9(13)11-5-4-8(12)7-11;1-2-8-3-4-9(6-11-7-12)10(13)5-8;1-2/h8,12H,4-7H2,1-3H3;1,3-5,7,13H,6H2,(H,11,12);1-2H2. The van der Waals surface area contributed by atoms with Crippen LogP contribution in [0.5, 0.6) is 5.75 Å². The van der Waals surface area contributed by atoms with E-state index in [0.29, 0.717) is 37.0 Å². The molecule has 156 valence electrons. The monoisotopic (exact) mass is 392 g/mol. The lowest BCUT2D eigenvalue weighted by Gasteiger charge is -2.22. The molecule has 0 radical (unpaired) electrons. The van der Waals surface area contributed by atoms with Crippen molar-refractivity contribution in [3.63, 3.8) is 0 Å². The van der Waals surface area contributed by atoms with E-state index in [2.05, 4.69) is 43.7 Å². The molecule has 28 heavy (non-hydrogen) atoms. The molecule has 1 aromatic carbocycles. The van der Waals surface area contributed by atoms with Gasteiger partial charge in [-0.05, 0) is 24.0 Å². The number of nitrogens with zero attached hydrogens (tertiary/aromatic N) is 1. The molecule has 1 aliphatic heterocycles. The fraction of sp³-hybridized carbons (Fsp3) is 0.500. The van der Waals surface area contributed by atoms with Crippen LogP contribution in [0.2, 0.25) is 0 Å². The molecule has 1 aromatic rings. The van der Waals surface area contributed by atoms with Gasteiger partial charge < -0.3 is 20.4 Å². The van der Waals surface area contributed by atoms with E-state index < -0.39 is 0 Å². The Morgan fingerprint density at radius 2 is 2.07 bits per heavy atom. The van der Waals surface area contributed by atoms with E-state index in [1.807, 2.05) is 0 Å². The van der Waals surface area contributed by atoms with Crippen LogP contribution in [-0.4, -0.2) is 46.6 Å². The summed E-state index contributed by atoms with van der Waals surface area (Å²) in [6.07, 6.45) is 6.71. The molecule has 2 rings (SSSR count). The minimum atomic E-state index is -0.302. The largest absolute Gasteiger partial charge is 0.508 e. The molecule has 0 bridgehead atoms. The Balaban J connectivity index is 0.000000478. The Hall–Kier alpha value is -2.60. The molecule has 1 atom stereocenters. The Labute approximate surface area is 166 Å². The number of carbonyl (C=O) groups excluding carboxylic acids is 2. The number of amides is 2. The van der Waals surface area contributed by atoms with Crippen molar-refractivity contribution in [1.82, 2.24) is 10.2 Å². The number of phenols is 1. The SMILES string of the molecule is C#Cc1ccc(CNC=O)c(O)c1.CC(C)(C)CC(=O)N1CCC(O)C1.NN. The smallest absolute Gasteiger partial charge is 0.223 e. The fourth-order valence-electron chi connectivity index (χ4n) is 2.49. The number of rotatable bonds is 4. The van der Waals surface area contributed by atoms with Crippen molar-refractivity contribution >= 4 is 12.3 Å². The normalized spacial score (nSPS) is 15.3. The van der Waals surface area contributed by atoms with E-state index in [1.165, 1.54) is 6.07 Å². The number of β-amino-alcohol motifs (C(OH)–C–C–N with tert-alkyl or cyclic N) is 1. The minimum Gasteiger partial charge on any atom is -0.508 e. The predicted octanol–water partition coefficient (Wildman–Crippen LogP) is 0.454. The topological polar surface area (TPSA) is 142 Å². The third-order valence-corrected chi connectivity index (χ3v) is 3.83. The lowest BCUT2D eigenvalue weighted by molar-refractivity contribution is -0.132. The lowest BCUT2D eigenvalue weighted by atomic mass is 9.92. The van der Waals surface area contributed by atoms with E-state index in [4.69, 9.17) is 6.42 Å². The molecule has 2 amide bonds. The Morgan fingerprint density at radius 3 is 2.50 bits per heavy atom. The maximum Gasteiger partial charge on any atom is 0.223 e. The Morgan fingerprint density at radius 1 is 1.43 bits per heavy atom. The number of terminal acetylenes is 1. The van der Waals surface area contributed by atoms with Gasteiger partial charge in [0.05, 0.1) is 6.10 Å². The highest BCUT2D eigenvalue weighted by atomic mass is 16.3. The maximum atomic E-state index is 11.6. The molecular weight excluding hydrogens is 360 g/mol. The first-order valence-corrected chi connectivity index (χ1v) is 8.91. The van der Waals surface area contributed by atoms with Gasteiger partial charge in [-0.15, -0.1) is 6.42 Å². The summed E-state index contributed by atoms with van der Waals surface area (Å²) in [4.78, 5) is 23.4. The number of aliphatic hydroxyl groups is 1. The molecule has 1 unspecified atom stereocenters. The number of hydrazine groups is 1. The van der Waals surface area contributed by atoms with Crippen LogP contribution in [0.1, 0.15) is 44.7 Å². The van der Waals surface area contributed by atoms with Gasteiger partial charge in [0.2, 0.25) is 12.3 Å². The van der Waals surface area contributed by atoms with E-state index >= 15 is 0 Å². The minimum absolute atomic E-state index is 0.0463. The molecule has 8 heteroatoms. The predicted molar refractivity (Wildman–Crippen MR) is 109 cm³/mol. The van der Waals surface area contributed by atoms with Crippen molar-refractivity contribution in [3.05, 3.63) is 29.3 Å². The van der Waals surface area contributed by atoms with Crippen LogP contribution in [0.25, 0.3) is 0 Å². The van der Waals surface area contributed by atoms with Crippen molar-refractivity contribution in [2.45, 2.75) is 46.3 Å². The number of carbonyl (C=O) groups is 2. The van der Waals surface area contributed by atoms with Crippen LogP contribution in [0.15, 0.2) is 18.2 Å². The number of hydrogen-bond donors (Lipinski definition) is 5. The van der Waals surface area contributed by atoms with Gasteiger partial charge in [-0.1, -0.05) is 32.8 Å². The van der Waals surface area contributed by atoms with Crippen molar-refractivity contribution in [2.75, 3.05) is 13.1 Å². The average molecular weight is 393 g/mol. The zero-order valence-electron chi connectivity index (χ0n) is 16.8. The summed E-state index contributed by atoms with van der Waals surface area (Å²) in [5, 5.41) is 21.1. The quantitative estimate of drug-likeness (QED) is 0.218. The van der Waals surface area contributed by atoms with Crippen molar-refractivity contribution in [2.24, 2.45) is 17.1 Å². The van der Waals surface area contributed by atoms with E-state index in [0.717, 1.165) is 13.0 Å². The number of likely N-dealkylation sites (tertiary alicyclic amines) is 1. The number of phenolic OH excluding ortho intramolecular Hbond substituents is 1. The van der Waals surface area contributed by atoms with Crippen LogP contribution in [0.4, 0.5) is 0 Å². The summed E-state index contributed by atoms with van der Waals surface area (Å²) >= 11 is 0. The molecular formula is C20H32N4O4. The van der Waals surface area contributed by atoms with Crippen molar-refractivity contribution in [3.8, 4) is 18.1 Å². The summed E-state index contributed by atoms with van der Waals surface area (Å²) < 4.78 is 0. The molecule has 0 saturated carbocycles. The van der Waals surface area contributed by atoms with Gasteiger partial charge in [0.25, 0.3) is 0 Å². The molecule has 1 fully saturated rings. The zero-order chi connectivity index (χ0) is 21.7. The van der Waals surface area contributed by atoms with E-state index in [9.17, 15) is 19.8 Å². The van der Waals surface area contributed by atoms with E-state index in [1.54, 1.807) is 17.0 Å². The number of hydrogen-bond acceptors (Lipinski definition) is 6. The first-order chi connectivity index (χ1) is 13.2. The lowest BCUT2D eigenvalue weighted by Crippen LogP contribution is -2.32. The first kappa shape index (κ1) is 25.4. The molecule has 8 nitrogen and oxygen atoms in total. The van der Waals surface area contributed by atoms with Gasteiger partial charge in [-0.3, -0.25) is 21.3 Å². The summed E-state index contributed by atoms with van der Waals surface area (Å²) in [6, 6.07) is 4.88. The summed E-state index contributed by atoms with van der Waals surface area (Å²) in [7, 11) is 0. The molecule has 0 aromatic heterocycles. The summed E-state index contributed by atoms with van der Waals surface area (Å²) in [5.41, 5.74) is 1.31. The van der Waals surface area contributed by atoms with Crippen LogP contribution >= 0.6 is 0 Å². The molecule has 1 saturated heterocycles. The number of aliphatic hydroxyl groups excluding tert-OH is 1. The molecule has 1 aliphatic rings. The number of aromatic hydroxyl groups is 1. The highest BCUT2D eigenvalue weighted by molar-refractivity contribution is 5.77.